The minimum absolute atomic E-state index is 0.0971. The molecule has 2 aliphatic rings. The molecule has 0 aliphatic carbocycles. The molecule has 1 unspecified atom stereocenters. The van der Waals surface area contributed by atoms with Crippen molar-refractivity contribution in [1.29, 1.82) is 0 Å². The van der Waals surface area contributed by atoms with E-state index in [1.807, 2.05) is 0 Å². The molecule has 0 aromatic heterocycles. The lowest BCUT2D eigenvalue weighted by Gasteiger charge is -2.27. The zero-order chi connectivity index (χ0) is 23.4. The largest absolute Gasteiger partial charge is 0.496 e. The van der Waals surface area contributed by atoms with Gasteiger partial charge in [0, 0.05) is 35.9 Å². The van der Waals surface area contributed by atoms with Crippen LogP contribution in [-0.4, -0.2) is 73.5 Å². The van der Waals surface area contributed by atoms with E-state index in [-0.39, 0.29) is 17.7 Å². The highest BCUT2D eigenvalue weighted by Gasteiger charge is 2.35. The molecule has 2 aromatic carbocycles. The molecule has 2 aliphatic heterocycles. The van der Waals surface area contributed by atoms with E-state index in [1.54, 1.807) is 52.3 Å². The number of amides is 3. The van der Waals surface area contributed by atoms with Gasteiger partial charge in [-0.2, -0.15) is 0 Å². The normalized spacial score (nSPS) is 18.2. The number of carbonyl (C=O) groups excluding carboxylic acids is 3. The number of hydrogen-bond acceptors (Lipinski definition) is 5. The summed E-state index contributed by atoms with van der Waals surface area (Å²) in [5.41, 5.74) is 1.33. The molecule has 174 valence electrons. The number of ether oxygens (including phenoxy) is 2. The molecule has 9 heteroatoms. The summed E-state index contributed by atoms with van der Waals surface area (Å²) in [4.78, 5) is 42.3. The van der Waals surface area contributed by atoms with Crippen LogP contribution < -0.4 is 10.1 Å². The number of nitrogens with zero attached hydrogens (tertiary/aromatic N) is 2. The number of methoxy groups -OCH3 is 1. The maximum Gasteiger partial charge on any atom is 0.258 e. The minimum atomic E-state index is -0.625. The molecule has 1 atom stereocenters. The molecule has 8 nitrogen and oxygen atoms in total. The van der Waals surface area contributed by atoms with Crippen LogP contribution >= 0.6 is 11.6 Å². The summed E-state index contributed by atoms with van der Waals surface area (Å²) >= 11 is 6.08. The van der Waals surface area contributed by atoms with Gasteiger partial charge in [0.1, 0.15) is 11.8 Å². The summed E-state index contributed by atoms with van der Waals surface area (Å²) in [6.45, 7) is 2.58. The lowest BCUT2D eigenvalue weighted by atomic mass is 10.1. The highest BCUT2D eigenvalue weighted by atomic mass is 35.5. The first kappa shape index (κ1) is 23.1. The molecule has 33 heavy (non-hydrogen) atoms. The number of nitrogens with one attached hydrogen (secondary N) is 1. The first-order chi connectivity index (χ1) is 16.0. The van der Waals surface area contributed by atoms with Crippen LogP contribution in [0.5, 0.6) is 5.75 Å². The van der Waals surface area contributed by atoms with Crippen molar-refractivity contribution >= 4 is 35.0 Å². The van der Waals surface area contributed by atoms with Crippen molar-refractivity contribution in [1.82, 2.24) is 9.80 Å². The van der Waals surface area contributed by atoms with Crippen molar-refractivity contribution in [3.63, 3.8) is 0 Å². The Bertz CT molecular complexity index is 1050. The standard InChI is InChI=1S/C24H26ClN3O5/c1-32-21-8-7-17(25)15-19(21)24(31)28-9-3-6-20(28)22(29)26-18-5-2-4-16(14-18)23(30)27-10-12-33-13-11-27/h2,4-5,7-8,14-15,20H,3,6,9-13H2,1H3,(H,26,29). The minimum Gasteiger partial charge on any atom is -0.496 e. The van der Waals surface area contributed by atoms with Gasteiger partial charge in [0.05, 0.1) is 25.9 Å². The van der Waals surface area contributed by atoms with E-state index >= 15 is 0 Å². The van der Waals surface area contributed by atoms with Gasteiger partial charge in [-0.25, -0.2) is 0 Å². The fraction of sp³-hybridized carbons (Fsp3) is 0.375. The van der Waals surface area contributed by atoms with Gasteiger partial charge >= 0.3 is 0 Å². The van der Waals surface area contributed by atoms with E-state index < -0.39 is 6.04 Å². The number of likely N-dealkylation sites (tertiary alicyclic amines) is 1. The summed E-state index contributed by atoms with van der Waals surface area (Å²) in [5.74, 6) is -0.286. The van der Waals surface area contributed by atoms with Gasteiger partial charge in [0.2, 0.25) is 5.91 Å². The molecule has 4 rings (SSSR count). The van der Waals surface area contributed by atoms with Gasteiger partial charge in [-0.05, 0) is 49.2 Å². The Morgan fingerprint density at radius 2 is 1.85 bits per heavy atom. The number of benzene rings is 2. The molecular formula is C24H26ClN3O5. The second-order valence-electron chi connectivity index (χ2n) is 7.98. The third-order valence-electron chi connectivity index (χ3n) is 5.88. The van der Waals surface area contributed by atoms with Crippen molar-refractivity contribution in [2.75, 3.05) is 45.3 Å². The van der Waals surface area contributed by atoms with E-state index in [9.17, 15) is 14.4 Å². The Hall–Kier alpha value is -3.10. The quantitative estimate of drug-likeness (QED) is 0.724. The highest BCUT2D eigenvalue weighted by Crippen LogP contribution is 2.28. The third kappa shape index (κ3) is 5.12. The van der Waals surface area contributed by atoms with Gasteiger partial charge < -0.3 is 24.6 Å². The van der Waals surface area contributed by atoms with Crippen molar-refractivity contribution in [3.8, 4) is 5.75 Å². The molecule has 0 bridgehead atoms. The van der Waals surface area contributed by atoms with Crippen molar-refractivity contribution in [2.24, 2.45) is 0 Å². The zero-order valence-electron chi connectivity index (χ0n) is 18.4. The summed E-state index contributed by atoms with van der Waals surface area (Å²) in [6.07, 6.45) is 1.26. The molecule has 2 saturated heterocycles. The van der Waals surface area contributed by atoms with Gasteiger partial charge in [0.15, 0.2) is 0 Å². The van der Waals surface area contributed by atoms with Gasteiger partial charge in [-0.3, -0.25) is 14.4 Å². The first-order valence-electron chi connectivity index (χ1n) is 10.9. The number of halogens is 1. The van der Waals surface area contributed by atoms with E-state index in [0.717, 1.165) is 0 Å². The predicted octanol–water partition coefficient (Wildman–Crippen LogP) is 3.06. The zero-order valence-corrected chi connectivity index (χ0v) is 19.1. The fourth-order valence-corrected chi connectivity index (χ4v) is 4.36. The van der Waals surface area contributed by atoms with Crippen molar-refractivity contribution in [3.05, 3.63) is 58.6 Å². The number of rotatable bonds is 5. The van der Waals surface area contributed by atoms with Crippen molar-refractivity contribution < 1.29 is 23.9 Å². The van der Waals surface area contributed by atoms with E-state index in [1.165, 1.54) is 7.11 Å². The third-order valence-corrected chi connectivity index (χ3v) is 6.12. The Kier molecular flexibility index (Phi) is 7.15. The van der Waals surface area contributed by atoms with Gasteiger partial charge in [0.25, 0.3) is 11.8 Å². The Morgan fingerprint density at radius 3 is 2.61 bits per heavy atom. The lowest BCUT2D eigenvalue weighted by molar-refractivity contribution is -0.119. The molecule has 2 heterocycles. The topological polar surface area (TPSA) is 88.2 Å². The maximum atomic E-state index is 13.2. The van der Waals surface area contributed by atoms with Crippen LogP contribution in [0.2, 0.25) is 5.02 Å². The Morgan fingerprint density at radius 1 is 1.06 bits per heavy atom. The summed E-state index contributed by atoms with van der Waals surface area (Å²) in [6, 6.07) is 11.1. The maximum absolute atomic E-state index is 13.2. The van der Waals surface area contributed by atoms with Crippen LogP contribution in [0.1, 0.15) is 33.6 Å². The molecule has 2 aromatic rings. The van der Waals surface area contributed by atoms with E-state index in [2.05, 4.69) is 5.32 Å². The number of hydrogen-bond donors (Lipinski definition) is 1. The molecule has 0 spiro atoms. The molecule has 3 amide bonds. The Labute approximate surface area is 197 Å². The summed E-state index contributed by atoms with van der Waals surface area (Å²) < 4.78 is 10.6. The summed E-state index contributed by atoms with van der Waals surface area (Å²) in [7, 11) is 1.49. The van der Waals surface area contributed by atoms with Crippen LogP contribution in [0.15, 0.2) is 42.5 Å². The smallest absolute Gasteiger partial charge is 0.258 e. The highest BCUT2D eigenvalue weighted by molar-refractivity contribution is 6.31. The first-order valence-corrected chi connectivity index (χ1v) is 11.3. The molecular weight excluding hydrogens is 446 g/mol. The summed E-state index contributed by atoms with van der Waals surface area (Å²) in [5, 5.41) is 3.29. The van der Waals surface area contributed by atoms with Crippen LogP contribution in [0.25, 0.3) is 0 Å². The molecule has 0 saturated carbocycles. The molecule has 0 radical (unpaired) electrons. The fourth-order valence-electron chi connectivity index (χ4n) is 4.19. The monoisotopic (exact) mass is 471 g/mol. The number of morpholine rings is 1. The van der Waals surface area contributed by atoms with E-state index in [4.69, 9.17) is 21.1 Å². The van der Waals surface area contributed by atoms with Gasteiger partial charge in [-0.15, -0.1) is 0 Å². The predicted molar refractivity (Wildman–Crippen MR) is 124 cm³/mol. The molecule has 1 N–H and O–H groups in total. The molecule has 2 fully saturated rings. The second kappa shape index (κ2) is 10.2. The van der Waals surface area contributed by atoms with Crippen LogP contribution in [0.4, 0.5) is 5.69 Å². The average Bonchev–Trinajstić information content (AvgIpc) is 3.34. The Balaban J connectivity index is 1.47. The van der Waals surface area contributed by atoms with Gasteiger partial charge in [-0.1, -0.05) is 17.7 Å². The van der Waals surface area contributed by atoms with Crippen LogP contribution in [0, 0.1) is 0 Å². The van der Waals surface area contributed by atoms with Crippen molar-refractivity contribution in [2.45, 2.75) is 18.9 Å². The second-order valence-corrected chi connectivity index (χ2v) is 8.41. The lowest BCUT2D eigenvalue weighted by Crippen LogP contribution is -2.43. The van der Waals surface area contributed by atoms with Crippen LogP contribution in [-0.2, 0) is 9.53 Å². The number of anilines is 1. The van der Waals surface area contributed by atoms with E-state index in [0.29, 0.717) is 73.3 Å². The average molecular weight is 472 g/mol. The number of carbonyl (C=O) groups is 3. The van der Waals surface area contributed by atoms with Crippen LogP contribution in [0.3, 0.4) is 0 Å². The SMILES string of the molecule is COc1ccc(Cl)cc1C(=O)N1CCCC1C(=O)Nc1cccc(C(=O)N2CCOCC2)c1.